The van der Waals surface area contributed by atoms with Gasteiger partial charge in [-0.15, -0.1) is 0 Å². The predicted molar refractivity (Wildman–Crippen MR) is 129 cm³/mol. The highest BCUT2D eigenvalue weighted by Gasteiger charge is 2.46. The molecular weight excluding hydrogens is 414 g/mol. The molecule has 2 aromatic carbocycles. The molecule has 1 fully saturated rings. The van der Waals surface area contributed by atoms with Crippen molar-refractivity contribution in [2.45, 2.75) is 26.4 Å². The van der Waals surface area contributed by atoms with Crippen molar-refractivity contribution >= 4 is 23.1 Å². The van der Waals surface area contributed by atoms with Gasteiger partial charge in [-0.05, 0) is 54.8 Å². The summed E-state index contributed by atoms with van der Waals surface area (Å²) in [5.41, 5.74) is 5.02. The Kier molecular flexibility index (Phi) is 6.01. The van der Waals surface area contributed by atoms with Crippen molar-refractivity contribution in [2.24, 2.45) is 0 Å². The highest BCUT2D eigenvalue weighted by Crippen LogP contribution is 2.41. The Balaban J connectivity index is 1.89. The first kappa shape index (κ1) is 22.3. The van der Waals surface area contributed by atoms with Gasteiger partial charge in [0.05, 0.1) is 11.6 Å². The van der Waals surface area contributed by atoms with Gasteiger partial charge in [0.25, 0.3) is 11.7 Å². The number of hydrogen-bond donors (Lipinski definition) is 1. The van der Waals surface area contributed by atoms with E-state index in [4.69, 9.17) is 0 Å². The maximum absolute atomic E-state index is 13.2. The lowest BCUT2D eigenvalue weighted by Gasteiger charge is -2.26. The van der Waals surface area contributed by atoms with Crippen LogP contribution in [0, 0.1) is 13.8 Å². The zero-order chi connectivity index (χ0) is 23.7. The number of aryl methyl sites for hydroxylation is 2. The van der Waals surface area contributed by atoms with E-state index in [0.29, 0.717) is 5.56 Å². The number of pyridine rings is 1. The third-order valence-electron chi connectivity index (χ3n) is 5.99. The van der Waals surface area contributed by atoms with Gasteiger partial charge in [-0.25, -0.2) is 0 Å². The van der Waals surface area contributed by atoms with E-state index in [1.807, 2.05) is 81.4 Å². The van der Waals surface area contributed by atoms with E-state index < -0.39 is 17.7 Å². The number of carbonyl (C=O) groups excluding carboxylic acids is 2. The zero-order valence-corrected chi connectivity index (χ0v) is 19.2. The molecule has 1 aliphatic rings. The Bertz CT molecular complexity index is 1230. The number of aromatic nitrogens is 1. The minimum Gasteiger partial charge on any atom is -0.507 e. The minimum atomic E-state index is -0.707. The fraction of sp³-hybridized carbons (Fsp3) is 0.222. The lowest BCUT2D eigenvalue weighted by Crippen LogP contribution is -2.29. The van der Waals surface area contributed by atoms with E-state index >= 15 is 0 Å². The van der Waals surface area contributed by atoms with Crippen LogP contribution in [0.5, 0.6) is 0 Å². The van der Waals surface area contributed by atoms with E-state index in [0.717, 1.165) is 27.9 Å². The number of benzene rings is 2. The largest absolute Gasteiger partial charge is 0.507 e. The van der Waals surface area contributed by atoms with Crippen LogP contribution in [-0.2, 0) is 16.1 Å². The summed E-state index contributed by atoms with van der Waals surface area (Å²) in [6.07, 6.45) is 3.34. The average Bonchev–Trinajstić information content (AvgIpc) is 3.06. The van der Waals surface area contributed by atoms with Crippen LogP contribution in [0.3, 0.4) is 0 Å². The number of Topliss-reactive ketones (excluding diaryl/α,β-unsaturated/α-hetero) is 1. The molecule has 1 N–H and O–H groups in total. The van der Waals surface area contributed by atoms with Crippen LogP contribution in [0.15, 0.2) is 72.6 Å². The van der Waals surface area contributed by atoms with Crippen LogP contribution in [-0.4, -0.2) is 40.8 Å². The van der Waals surface area contributed by atoms with Crippen LogP contribution < -0.4 is 4.90 Å². The highest BCUT2D eigenvalue weighted by molar-refractivity contribution is 6.46. The maximum atomic E-state index is 13.2. The van der Waals surface area contributed by atoms with Gasteiger partial charge in [-0.2, -0.15) is 0 Å². The van der Waals surface area contributed by atoms with Crippen LogP contribution in [0.25, 0.3) is 5.76 Å². The number of rotatable bonds is 5. The number of nitrogens with zero attached hydrogens (tertiary/aromatic N) is 3. The molecule has 0 bridgehead atoms. The fourth-order valence-electron chi connectivity index (χ4n) is 4.17. The normalized spacial score (nSPS) is 17.5. The molecule has 1 atom stereocenters. The Labute approximate surface area is 193 Å². The SMILES string of the molecule is Cc1ccc(C)c(/C(O)=C2\C(=O)C(=O)N(Cc3cccnc3)C2c2ccc(N(C)C)cc2)c1. The van der Waals surface area contributed by atoms with E-state index in [1.54, 1.807) is 18.5 Å². The Morgan fingerprint density at radius 3 is 2.42 bits per heavy atom. The summed E-state index contributed by atoms with van der Waals surface area (Å²) < 4.78 is 0. The molecule has 0 saturated carbocycles. The lowest BCUT2D eigenvalue weighted by atomic mass is 9.93. The second kappa shape index (κ2) is 8.90. The van der Waals surface area contributed by atoms with Gasteiger partial charge in [-0.3, -0.25) is 14.6 Å². The van der Waals surface area contributed by atoms with Gasteiger partial charge in [0.15, 0.2) is 0 Å². The summed E-state index contributed by atoms with van der Waals surface area (Å²) in [5.74, 6) is -1.46. The van der Waals surface area contributed by atoms with Crippen LogP contribution in [0.2, 0.25) is 0 Å². The van der Waals surface area contributed by atoms with E-state index in [-0.39, 0.29) is 17.9 Å². The minimum absolute atomic E-state index is 0.107. The summed E-state index contributed by atoms with van der Waals surface area (Å²) in [6, 6.07) is 16.3. The van der Waals surface area contributed by atoms with E-state index in [1.165, 1.54) is 4.90 Å². The summed E-state index contributed by atoms with van der Waals surface area (Å²) in [7, 11) is 3.90. The Morgan fingerprint density at radius 1 is 1.06 bits per heavy atom. The summed E-state index contributed by atoms with van der Waals surface area (Å²) in [6.45, 7) is 4.01. The van der Waals surface area contributed by atoms with Crippen molar-refractivity contribution in [1.29, 1.82) is 0 Å². The molecule has 1 aliphatic heterocycles. The molecule has 1 amide bonds. The van der Waals surface area contributed by atoms with Gasteiger partial charge in [0.2, 0.25) is 0 Å². The number of amides is 1. The van der Waals surface area contributed by atoms with Gasteiger partial charge < -0.3 is 14.9 Å². The van der Waals surface area contributed by atoms with Crippen molar-refractivity contribution < 1.29 is 14.7 Å². The standard InChI is InChI=1S/C27H27N3O3/c1-17-7-8-18(2)22(14-17)25(31)23-24(20-9-11-21(12-10-20)29(3)4)30(27(33)26(23)32)16-19-6-5-13-28-15-19/h5-15,24,31H,16H2,1-4H3/b25-23+. The van der Waals surface area contributed by atoms with Crippen molar-refractivity contribution in [3.63, 3.8) is 0 Å². The molecule has 0 aliphatic carbocycles. The van der Waals surface area contributed by atoms with Crippen molar-refractivity contribution in [3.05, 3.63) is 100 Å². The number of aliphatic hydroxyl groups excluding tert-OH is 1. The molecule has 168 valence electrons. The number of likely N-dealkylation sites (tertiary alicyclic amines) is 1. The Hall–Kier alpha value is -3.93. The van der Waals surface area contributed by atoms with E-state index in [2.05, 4.69) is 4.98 Å². The summed E-state index contributed by atoms with van der Waals surface area (Å²) in [5, 5.41) is 11.3. The zero-order valence-electron chi connectivity index (χ0n) is 19.2. The maximum Gasteiger partial charge on any atom is 0.295 e. The molecule has 0 radical (unpaired) electrons. The molecule has 2 heterocycles. The predicted octanol–water partition coefficient (Wildman–Crippen LogP) is 4.39. The lowest BCUT2D eigenvalue weighted by molar-refractivity contribution is -0.140. The first-order valence-corrected chi connectivity index (χ1v) is 10.8. The molecule has 0 spiro atoms. The summed E-state index contributed by atoms with van der Waals surface area (Å²) >= 11 is 0. The smallest absolute Gasteiger partial charge is 0.295 e. The number of anilines is 1. The molecule has 6 nitrogen and oxygen atoms in total. The van der Waals surface area contributed by atoms with Gasteiger partial charge in [0.1, 0.15) is 5.76 Å². The van der Waals surface area contributed by atoms with Crippen LogP contribution >= 0.6 is 0 Å². The number of hydrogen-bond acceptors (Lipinski definition) is 5. The second-order valence-corrected chi connectivity index (χ2v) is 8.59. The molecule has 33 heavy (non-hydrogen) atoms. The number of aliphatic hydroxyl groups is 1. The third-order valence-corrected chi connectivity index (χ3v) is 5.99. The van der Waals surface area contributed by atoms with Gasteiger partial charge in [0, 0.05) is 44.3 Å². The van der Waals surface area contributed by atoms with Gasteiger partial charge in [-0.1, -0.05) is 35.9 Å². The van der Waals surface area contributed by atoms with Crippen LogP contribution in [0.1, 0.15) is 33.9 Å². The van der Waals surface area contributed by atoms with Crippen molar-refractivity contribution in [1.82, 2.24) is 9.88 Å². The molecular formula is C27H27N3O3. The first-order valence-electron chi connectivity index (χ1n) is 10.8. The van der Waals surface area contributed by atoms with Crippen LogP contribution in [0.4, 0.5) is 5.69 Å². The second-order valence-electron chi connectivity index (χ2n) is 8.59. The monoisotopic (exact) mass is 441 g/mol. The van der Waals surface area contributed by atoms with E-state index in [9.17, 15) is 14.7 Å². The van der Waals surface area contributed by atoms with Gasteiger partial charge >= 0.3 is 0 Å². The van der Waals surface area contributed by atoms with Crippen molar-refractivity contribution in [2.75, 3.05) is 19.0 Å². The fourth-order valence-corrected chi connectivity index (χ4v) is 4.17. The molecule has 1 unspecified atom stereocenters. The molecule has 1 saturated heterocycles. The molecule has 6 heteroatoms. The number of ketones is 1. The van der Waals surface area contributed by atoms with Crippen molar-refractivity contribution in [3.8, 4) is 0 Å². The topological polar surface area (TPSA) is 73.7 Å². The average molecular weight is 442 g/mol. The quantitative estimate of drug-likeness (QED) is 0.361. The molecule has 1 aromatic heterocycles. The summed E-state index contributed by atoms with van der Waals surface area (Å²) in [4.78, 5) is 34.0. The number of carbonyl (C=O) groups is 2. The molecule has 4 rings (SSSR count). The molecule has 3 aromatic rings. The third kappa shape index (κ3) is 4.24. The highest BCUT2D eigenvalue weighted by atomic mass is 16.3. The first-order chi connectivity index (χ1) is 15.8. The Morgan fingerprint density at radius 2 is 1.79 bits per heavy atom.